The van der Waals surface area contributed by atoms with E-state index in [1.54, 1.807) is 12.1 Å². The number of carbonyl (C=O) groups excluding carboxylic acids is 2. The van der Waals surface area contributed by atoms with Crippen LogP contribution in [0.25, 0.3) is 0 Å². The normalized spacial score (nSPS) is 27.2. The van der Waals surface area contributed by atoms with Crippen LogP contribution in [0.1, 0.15) is 33.6 Å². The second-order valence-corrected chi connectivity index (χ2v) is 7.74. The lowest BCUT2D eigenvalue weighted by Crippen LogP contribution is -2.45. The van der Waals surface area contributed by atoms with Crippen LogP contribution in [0.15, 0.2) is 18.2 Å². The average Bonchev–Trinajstić information content (AvgIpc) is 3.31. The van der Waals surface area contributed by atoms with Gasteiger partial charge in [0.1, 0.15) is 5.82 Å². The number of halogens is 1. The first-order valence-corrected chi connectivity index (χ1v) is 9.61. The molecule has 6 nitrogen and oxygen atoms in total. The number of nitrogens with one attached hydrogen (secondary N) is 2. The summed E-state index contributed by atoms with van der Waals surface area (Å²) in [7, 11) is 0. The molecule has 27 heavy (non-hydrogen) atoms. The number of amides is 2. The fourth-order valence-corrected chi connectivity index (χ4v) is 3.56. The van der Waals surface area contributed by atoms with Gasteiger partial charge >= 0.3 is 0 Å². The predicted molar refractivity (Wildman–Crippen MR) is 102 cm³/mol. The molecule has 1 heterocycles. The monoisotopic (exact) mass is 377 g/mol. The highest BCUT2D eigenvalue weighted by molar-refractivity contribution is 5.91. The van der Waals surface area contributed by atoms with Gasteiger partial charge in [0, 0.05) is 37.7 Å². The van der Waals surface area contributed by atoms with Crippen LogP contribution in [-0.4, -0.2) is 43.7 Å². The zero-order valence-corrected chi connectivity index (χ0v) is 16.1. The number of benzene rings is 1. The maximum absolute atomic E-state index is 14.5. The summed E-state index contributed by atoms with van der Waals surface area (Å²) >= 11 is 0. The van der Waals surface area contributed by atoms with Crippen LogP contribution in [0.2, 0.25) is 0 Å². The summed E-state index contributed by atoms with van der Waals surface area (Å²) in [6.45, 7) is 7.53. The standard InChI is InChI=1S/C20H28FN3O3/c1-12-8-16(12)20(26)22-7-6-19(25)23-15-4-5-18(17(21)9-15)24-10-13(2)27-14(3)11-24/h4-5,9,12-14,16H,6-8,10-11H2,1-3H3,(H,22,26)(H,23,25). The molecule has 2 N–H and O–H groups in total. The van der Waals surface area contributed by atoms with Gasteiger partial charge in [0.2, 0.25) is 11.8 Å². The number of nitrogens with zero attached hydrogens (tertiary/aromatic N) is 1. The van der Waals surface area contributed by atoms with Crippen molar-refractivity contribution in [2.24, 2.45) is 11.8 Å². The topological polar surface area (TPSA) is 70.7 Å². The van der Waals surface area contributed by atoms with Crippen LogP contribution in [0.3, 0.4) is 0 Å². The van der Waals surface area contributed by atoms with Gasteiger partial charge in [-0.3, -0.25) is 9.59 Å². The van der Waals surface area contributed by atoms with E-state index in [4.69, 9.17) is 4.74 Å². The van der Waals surface area contributed by atoms with Crippen molar-refractivity contribution in [2.45, 2.75) is 45.8 Å². The van der Waals surface area contributed by atoms with Crippen LogP contribution in [0, 0.1) is 17.7 Å². The largest absolute Gasteiger partial charge is 0.372 e. The summed E-state index contributed by atoms with van der Waals surface area (Å²) in [5.74, 6) is -0.0669. The Hall–Kier alpha value is -2.15. The number of ether oxygens (including phenoxy) is 1. The maximum Gasteiger partial charge on any atom is 0.226 e. The van der Waals surface area contributed by atoms with Crippen LogP contribution < -0.4 is 15.5 Å². The molecule has 3 rings (SSSR count). The molecule has 0 radical (unpaired) electrons. The molecule has 2 amide bonds. The Bertz CT molecular complexity index is 702. The van der Waals surface area contributed by atoms with Crippen molar-refractivity contribution in [3.05, 3.63) is 24.0 Å². The highest BCUT2D eigenvalue weighted by Gasteiger charge is 2.38. The third-order valence-corrected chi connectivity index (χ3v) is 5.09. The molecule has 1 aliphatic carbocycles. The van der Waals surface area contributed by atoms with Crippen molar-refractivity contribution >= 4 is 23.2 Å². The van der Waals surface area contributed by atoms with Crippen LogP contribution in [-0.2, 0) is 14.3 Å². The van der Waals surface area contributed by atoms with Crippen molar-refractivity contribution in [2.75, 3.05) is 29.9 Å². The Labute approximate surface area is 159 Å². The molecule has 0 spiro atoms. The Morgan fingerprint density at radius 2 is 1.89 bits per heavy atom. The van der Waals surface area contributed by atoms with E-state index in [0.717, 1.165) is 6.42 Å². The van der Waals surface area contributed by atoms with Crippen LogP contribution in [0.5, 0.6) is 0 Å². The summed E-state index contributed by atoms with van der Waals surface area (Å²) in [4.78, 5) is 25.7. The number of carbonyl (C=O) groups is 2. The van der Waals surface area contributed by atoms with E-state index in [2.05, 4.69) is 10.6 Å². The van der Waals surface area contributed by atoms with Crippen molar-refractivity contribution in [1.82, 2.24) is 5.32 Å². The Balaban J connectivity index is 1.49. The van der Waals surface area contributed by atoms with E-state index in [1.807, 2.05) is 25.7 Å². The molecule has 0 aromatic heterocycles. The first-order valence-electron chi connectivity index (χ1n) is 9.61. The molecule has 0 bridgehead atoms. The summed E-state index contributed by atoms with van der Waals surface area (Å²) in [6.07, 6.45) is 1.17. The lowest BCUT2D eigenvalue weighted by atomic mass is 10.2. The lowest BCUT2D eigenvalue weighted by molar-refractivity contribution is -0.122. The van der Waals surface area contributed by atoms with Crippen molar-refractivity contribution in [3.8, 4) is 0 Å². The SMILES string of the molecule is CC1CN(c2ccc(NC(=O)CCNC(=O)C3CC3C)cc2F)CC(C)O1. The minimum Gasteiger partial charge on any atom is -0.372 e. The summed E-state index contributed by atoms with van der Waals surface area (Å²) in [5.41, 5.74) is 0.929. The second kappa shape index (κ2) is 8.25. The Morgan fingerprint density at radius 1 is 1.22 bits per heavy atom. The maximum atomic E-state index is 14.5. The average molecular weight is 377 g/mol. The van der Waals surface area contributed by atoms with Crippen molar-refractivity contribution < 1.29 is 18.7 Å². The van der Waals surface area contributed by atoms with Gasteiger partial charge in [0.25, 0.3) is 0 Å². The number of hydrogen-bond acceptors (Lipinski definition) is 4. The van der Waals surface area contributed by atoms with Gasteiger partial charge in [-0.15, -0.1) is 0 Å². The summed E-state index contributed by atoms with van der Waals surface area (Å²) in [6, 6.07) is 4.72. The minimum atomic E-state index is -0.370. The Kier molecular flexibility index (Phi) is 5.99. The smallest absolute Gasteiger partial charge is 0.226 e. The van der Waals surface area contributed by atoms with Crippen LogP contribution in [0.4, 0.5) is 15.8 Å². The molecular weight excluding hydrogens is 349 g/mol. The van der Waals surface area contributed by atoms with Gasteiger partial charge in [-0.05, 0) is 44.4 Å². The van der Waals surface area contributed by atoms with Gasteiger partial charge in [0.15, 0.2) is 0 Å². The quantitative estimate of drug-likeness (QED) is 0.799. The fraction of sp³-hybridized carbons (Fsp3) is 0.600. The van der Waals surface area contributed by atoms with E-state index >= 15 is 0 Å². The zero-order valence-electron chi connectivity index (χ0n) is 16.1. The highest BCUT2D eigenvalue weighted by atomic mass is 19.1. The number of morpholine rings is 1. The fourth-order valence-electron chi connectivity index (χ4n) is 3.56. The molecule has 1 saturated carbocycles. The van der Waals surface area contributed by atoms with E-state index in [0.29, 0.717) is 30.4 Å². The van der Waals surface area contributed by atoms with Gasteiger partial charge in [-0.25, -0.2) is 4.39 Å². The van der Waals surface area contributed by atoms with Crippen molar-refractivity contribution in [3.63, 3.8) is 0 Å². The lowest BCUT2D eigenvalue weighted by Gasteiger charge is -2.37. The molecule has 2 aliphatic rings. The molecule has 1 saturated heterocycles. The van der Waals surface area contributed by atoms with E-state index < -0.39 is 0 Å². The molecule has 4 atom stereocenters. The molecule has 1 aliphatic heterocycles. The molecular formula is C20H28FN3O3. The van der Waals surface area contributed by atoms with E-state index in [1.165, 1.54) is 6.07 Å². The molecule has 1 aromatic carbocycles. The predicted octanol–water partition coefficient (Wildman–Crippen LogP) is 2.54. The molecule has 148 valence electrons. The first-order chi connectivity index (χ1) is 12.8. The number of hydrogen-bond donors (Lipinski definition) is 2. The Morgan fingerprint density at radius 3 is 2.48 bits per heavy atom. The molecule has 4 unspecified atom stereocenters. The van der Waals surface area contributed by atoms with E-state index in [-0.39, 0.29) is 48.7 Å². The highest BCUT2D eigenvalue weighted by Crippen LogP contribution is 2.37. The summed E-state index contributed by atoms with van der Waals surface area (Å²) in [5, 5.41) is 5.46. The van der Waals surface area contributed by atoms with E-state index in [9.17, 15) is 14.0 Å². The van der Waals surface area contributed by atoms with Gasteiger partial charge in [0.05, 0.1) is 17.9 Å². The zero-order chi connectivity index (χ0) is 19.6. The van der Waals surface area contributed by atoms with Gasteiger partial charge in [-0.1, -0.05) is 6.92 Å². The number of rotatable bonds is 6. The first kappa shape index (κ1) is 19.6. The van der Waals surface area contributed by atoms with Crippen molar-refractivity contribution in [1.29, 1.82) is 0 Å². The third kappa shape index (κ3) is 5.19. The molecule has 7 heteroatoms. The second-order valence-electron chi connectivity index (χ2n) is 7.74. The molecule has 1 aromatic rings. The summed E-state index contributed by atoms with van der Waals surface area (Å²) < 4.78 is 20.2. The molecule has 2 fully saturated rings. The van der Waals surface area contributed by atoms with Gasteiger partial charge in [-0.2, -0.15) is 0 Å². The minimum absolute atomic E-state index is 0.0136. The van der Waals surface area contributed by atoms with Gasteiger partial charge < -0.3 is 20.3 Å². The van der Waals surface area contributed by atoms with Crippen LogP contribution >= 0.6 is 0 Å². The number of anilines is 2. The third-order valence-electron chi connectivity index (χ3n) is 5.09.